The van der Waals surface area contributed by atoms with Gasteiger partial charge < -0.3 is 10.1 Å². The van der Waals surface area contributed by atoms with Crippen molar-refractivity contribution in [2.45, 2.75) is 44.9 Å². The standard InChI is InChI=1S/C17H28N2O/c1-14-13-19(11-10-17(2,3)20-4)16(12-18-14)15-8-6-5-7-9-15/h5-9,14,16,18H,10-13H2,1-4H3. The number of hydrogen-bond donors (Lipinski definition) is 1. The molecule has 1 aromatic rings. The van der Waals surface area contributed by atoms with Crippen molar-refractivity contribution in [3.8, 4) is 0 Å². The second-order valence-electron chi connectivity index (χ2n) is 6.44. The molecule has 0 spiro atoms. The maximum atomic E-state index is 5.55. The fraction of sp³-hybridized carbons (Fsp3) is 0.647. The van der Waals surface area contributed by atoms with E-state index in [9.17, 15) is 0 Å². The van der Waals surface area contributed by atoms with Crippen LogP contribution in [0.1, 0.15) is 38.8 Å². The Morgan fingerprint density at radius 3 is 2.65 bits per heavy atom. The quantitative estimate of drug-likeness (QED) is 0.895. The minimum absolute atomic E-state index is 0.0463. The zero-order chi connectivity index (χ0) is 14.6. The molecule has 0 saturated carbocycles. The number of hydrogen-bond acceptors (Lipinski definition) is 3. The summed E-state index contributed by atoms with van der Waals surface area (Å²) in [6, 6.07) is 11.8. The molecule has 20 heavy (non-hydrogen) atoms. The van der Waals surface area contributed by atoms with Gasteiger partial charge in [-0.2, -0.15) is 0 Å². The molecule has 2 rings (SSSR count). The molecular weight excluding hydrogens is 248 g/mol. The molecule has 1 aliphatic heterocycles. The van der Waals surface area contributed by atoms with Crippen molar-refractivity contribution in [1.82, 2.24) is 10.2 Å². The van der Waals surface area contributed by atoms with Gasteiger partial charge in [0.05, 0.1) is 5.60 Å². The van der Waals surface area contributed by atoms with E-state index in [1.54, 1.807) is 7.11 Å². The lowest BCUT2D eigenvalue weighted by Gasteiger charge is -2.41. The fourth-order valence-electron chi connectivity index (χ4n) is 2.75. The summed E-state index contributed by atoms with van der Waals surface area (Å²) in [7, 11) is 1.80. The predicted octanol–water partition coefficient (Wildman–Crippen LogP) is 2.84. The Kier molecular flexibility index (Phi) is 5.19. The molecule has 1 N–H and O–H groups in total. The summed E-state index contributed by atoms with van der Waals surface area (Å²) in [5.41, 5.74) is 1.36. The Balaban J connectivity index is 2.05. The zero-order valence-electron chi connectivity index (χ0n) is 13.2. The van der Waals surface area contributed by atoms with Crippen molar-refractivity contribution in [2.24, 2.45) is 0 Å². The van der Waals surface area contributed by atoms with Gasteiger partial charge in [-0.05, 0) is 32.8 Å². The Bertz CT molecular complexity index is 405. The largest absolute Gasteiger partial charge is 0.379 e. The molecule has 3 heteroatoms. The molecule has 1 saturated heterocycles. The zero-order valence-corrected chi connectivity index (χ0v) is 13.2. The first-order valence-corrected chi connectivity index (χ1v) is 7.59. The van der Waals surface area contributed by atoms with Crippen molar-refractivity contribution >= 4 is 0 Å². The molecule has 1 heterocycles. The molecule has 0 amide bonds. The Hall–Kier alpha value is -0.900. The number of nitrogens with zero attached hydrogens (tertiary/aromatic N) is 1. The van der Waals surface area contributed by atoms with E-state index >= 15 is 0 Å². The minimum Gasteiger partial charge on any atom is -0.379 e. The lowest BCUT2D eigenvalue weighted by molar-refractivity contribution is -0.0000703. The molecule has 1 fully saturated rings. The highest BCUT2D eigenvalue weighted by atomic mass is 16.5. The van der Waals surface area contributed by atoms with Crippen LogP contribution in [-0.4, -0.2) is 43.3 Å². The number of nitrogens with one attached hydrogen (secondary N) is 1. The predicted molar refractivity (Wildman–Crippen MR) is 83.9 cm³/mol. The van der Waals surface area contributed by atoms with E-state index in [2.05, 4.69) is 61.3 Å². The lowest BCUT2D eigenvalue weighted by Crippen LogP contribution is -2.51. The van der Waals surface area contributed by atoms with Crippen molar-refractivity contribution < 1.29 is 4.74 Å². The van der Waals surface area contributed by atoms with Crippen LogP contribution in [0.15, 0.2) is 30.3 Å². The van der Waals surface area contributed by atoms with E-state index in [0.717, 1.165) is 26.1 Å². The molecule has 0 bridgehead atoms. The first kappa shape index (κ1) is 15.5. The smallest absolute Gasteiger partial charge is 0.0634 e. The number of rotatable bonds is 5. The molecule has 2 atom stereocenters. The maximum absolute atomic E-state index is 5.55. The van der Waals surface area contributed by atoms with Crippen LogP contribution in [-0.2, 0) is 4.74 Å². The third-order valence-electron chi connectivity index (χ3n) is 4.35. The van der Waals surface area contributed by atoms with Crippen LogP contribution in [0.25, 0.3) is 0 Å². The molecule has 3 nitrogen and oxygen atoms in total. The summed E-state index contributed by atoms with van der Waals surface area (Å²) in [6.07, 6.45) is 1.06. The average Bonchev–Trinajstić information content (AvgIpc) is 2.46. The van der Waals surface area contributed by atoms with Crippen molar-refractivity contribution in [2.75, 3.05) is 26.7 Å². The fourth-order valence-corrected chi connectivity index (χ4v) is 2.75. The van der Waals surface area contributed by atoms with E-state index in [4.69, 9.17) is 4.74 Å². The molecule has 0 radical (unpaired) electrons. The number of ether oxygens (including phenoxy) is 1. The van der Waals surface area contributed by atoms with Crippen molar-refractivity contribution in [1.29, 1.82) is 0 Å². The molecule has 112 valence electrons. The van der Waals surface area contributed by atoms with E-state index in [-0.39, 0.29) is 5.60 Å². The summed E-state index contributed by atoms with van der Waals surface area (Å²) >= 11 is 0. The topological polar surface area (TPSA) is 24.5 Å². The Morgan fingerprint density at radius 2 is 2.00 bits per heavy atom. The first-order valence-electron chi connectivity index (χ1n) is 7.59. The monoisotopic (exact) mass is 276 g/mol. The second kappa shape index (κ2) is 6.70. The highest BCUT2D eigenvalue weighted by Crippen LogP contribution is 2.25. The number of benzene rings is 1. The molecule has 0 aliphatic carbocycles. The van der Waals surface area contributed by atoms with E-state index in [1.165, 1.54) is 5.56 Å². The molecule has 2 unspecified atom stereocenters. The van der Waals surface area contributed by atoms with Gasteiger partial charge in [-0.1, -0.05) is 30.3 Å². The SMILES string of the molecule is COC(C)(C)CCN1CC(C)NCC1c1ccccc1. The molecule has 0 aromatic heterocycles. The van der Waals surface area contributed by atoms with Crippen LogP contribution < -0.4 is 5.32 Å². The Labute approximate surface area is 123 Å². The van der Waals surface area contributed by atoms with Gasteiger partial charge >= 0.3 is 0 Å². The maximum Gasteiger partial charge on any atom is 0.0634 e. The summed E-state index contributed by atoms with van der Waals surface area (Å²) in [6.45, 7) is 9.78. The van der Waals surface area contributed by atoms with E-state index in [1.807, 2.05) is 0 Å². The van der Waals surface area contributed by atoms with Crippen LogP contribution >= 0.6 is 0 Å². The molecule has 1 aliphatic rings. The van der Waals surface area contributed by atoms with E-state index in [0.29, 0.717) is 12.1 Å². The van der Waals surface area contributed by atoms with E-state index < -0.39 is 0 Å². The molecule has 1 aromatic carbocycles. The normalized spacial score (nSPS) is 24.8. The minimum atomic E-state index is -0.0463. The van der Waals surface area contributed by atoms with Gasteiger partial charge in [0.1, 0.15) is 0 Å². The average molecular weight is 276 g/mol. The highest BCUT2D eigenvalue weighted by molar-refractivity contribution is 5.20. The lowest BCUT2D eigenvalue weighted by atomic mass is 9.99. The summed E-state index contributed by atoms with van der Waals surface area (Å²) < 4.78 is 5.55. The molecular formula is C17H28N2O. The number of methoxy groups -OCH3 is 1. The van der Waals surface area contributed by atoms with Gasteiger partial charge in [-0.3, -0.25) is 4.90 Å². The summed E-state index contributed by atoms with van der Waals surface area (Å²) in [4.78, 5) is 2.59. The van der Waals surface area contributed by atoms with Gasteiger partial charge in [0, 0.05) is 38.8 Å². The van der Waals surface area contributed by atoms with Gasteiger partial charge in [-0.15, -0.1) is 0 Å². The van der Waals surface area contributed by atoms with Crippen molar-refractivity contribution in [3.05, 3.63) is 35.9 Å². The van der Waals surface area contributed by atoms with Crippen LogP contribution in [0.3, 0.4) is 0 Å². The van der Waals surface area contributed by atoms with Crippen LogP contribution in [0, 0.1) is 0 Å². The van der Waals surface area contributed by atoms with Gasteiger partial charge in [0.15, 0.2) is 0 Å². The van der Waals surface area contributed by atoms with Gasteiger partial charge in [0.25, 0.3) is 0 Å². The third kappa shape index (κ3) is 4.05. The first-order chi connectivity index (χ1) is 9.52. The Morgan fingerprint density at radius 1 is 1.30 bits per heavy atom. The summed E-state index contributed by atoms with van der Waals surface area (Å²) in [5, 5.41) is 3.60. The van der Waals surface area contributed by atoms with Gasteiger partial charge in [-0.25, -0.2) is 0 Å². The number of piperazine rings is 1. The highest BCUT2D eigenvalue weighted by Gasteiger charge is 2.28. The second-order valence-corrected chi connectivity index (χ2v) is 6.44. The summed E-state index contributed by atoms with van der Waals surface area (Å²) in [5.74, 6) is 0. The van der Waals surface area contributed by atoms with Crippen molar-refractivity contribution in [3.63, 3.8) is 0 Å². The third-order valence-corrected chi connectivity index (χ3v) is 4.35. The van der Waals surface area contributed by atoms with Crippen LogP contribution in [0.2, 0.25) is 0 Å². The van der Waals surface area contributed by atoms with Crippen LogP contribution in [0.4, 0.5) is 0 Å². The van der Waals surface area contributed by atoms with Crippen LogP contribution in [0.5, 0.6) is 0 Å². The van der Waals surface area contributed by atoms with Gasteiger partial charge in [0.2, 0.25) is 0 Å².